The Bertz CT molecular complexity index is 868. The number of likely N-dealkylation sites (N-methyl/N-ethyl adjacent to an activating group) is 2. The van der Waals surface area contributed by atoms with Gasteiger partial charge in [0.1, 0.15) is 6.04 Å². The Kier molecular flexibility index (Phi) is 9.63. The third-order valence-electron chi connectivity index (χ3n) is 6.06. The predicted molar refractivity (Wildman–Crippen MR) is 127 cm³/mol. The fourth-order valence-corrected chi connectivity index (χ4v) is 4.18. The number of hydrogen-bond donors (Lipinski definition) is 1. The van der Waals surface area contributed by atoms with Crippen LogP contribution in [-0.2, 0) is 25.7 Å². The first-order chi connectivity index (χ1) is 15.7. The normalized spacial score (nSPS) is 17.0. The van der Waals surface area contributed by atoms with Crippen molar-refractivity contribution in [1.82, 2.24) is 20.0 Å². The van der Waals surface area contributed by atoms with Crippen LogP contribution in [0.4, 0.5) is 0 Å². The van der Waals surface area contributed by atoms with E-state index in [0.717, 1.165) is 12.0 Å². The van der Waals surface area contributed by atoms with Crippen molar-refractivity contribution in [2.24, 2.45) is 5.92 Å². The molecule has 1 saturated heterocycles. The number of nitrogens with one attached hydrogen (secondary N) is 1. The SMILES string of the molecule is C/C(=C\[C@H](C(C)C)N(C)C(=O)CNC=O)C(=O)N1CCC[C@H]1C(=O)N(C)Cc1ccccc1. The minimum absolute atomic E-state index is 0.0611. The van der Waals surface area contributed by atoms with E-state index in [1.54, 1.807) is 36.9 Å². The Morgan fingerprint density at radius 3 is 2.45 bits per heavy atom. The highest BCUT2D eigenvalue weighted by atomic mass is 16.2. The summed E-state index contributed by atoms with van der Waals surface area (Å²) in [5, 5.41) is 2.38. The third-order valence-corrected chi connectivity index (χ3v) is 6.06. The maximum Gasteiger partial charge on any atom is 0.249 e. The molecule has 2 atom stereocenters. The second kappa shape index (κ2) is 12.2. The van der Waals surface area contributed by atoms with Crippen molar-refractivity contribution >= 4 is 24.1 Å². The van der Waals surface area contributed by atoms with Gasteiger partial charge in [0.25, 0.3) is 0 Å². The lowest BCUT2D eigenvalue weighted by atomic mass is 9.99. The number of benzene rings is 1. The van der Waals surface area contributed by atoms with Gasteiger partial charge in [0.2, 0.25) is 24.1 Å². The van der Waals surface area contributed by atoms with Crippen LogP contribution < -0.4 is 5.32 Å². The van der Waals surface area contributed by atoms with Crippen molar-refractivity contribution in [3.63, 3.8) is 0 Å². The van der Waals surface area contributed by atoms with E-state index in [-0.39, 0.29) is 36.2 Å². The second-order valence-electron chi connectivity index (χ2n) is 8.92. The molecule has 1 fully saturated rings. The molecule has 0 unspecified atom stereocenters. The number of carbonyl (C=O) groups excluding carboxylic acids is 4. The number of nitrogens with zero attached hydrogens (tertiary/aromatic N) is 3. The number of likely N-dealkylation sites (tertiary alicyclic amines) is 1. The Morgan fingerprint density at radius 1 is 1.18 bits per heavy atom. The zero-order valence-corrected chi connectivity index (χ0v) is 20.3. The van der Waals surface area contributed by atoms with Crippen molar-refractivity contribution in [3.8, 4) is 0 Å². The van der Waals surface area contributed by atoms with E-state index in [1.165, 1.54) is 4.90 Å². The molecule has 1 aromatic carbocycles. The summed E-state index contributed by atoms with van der Waals surface area (Å²) in [4.78, 5) is 54.2. The highest BCUT2D eigenvalue weighted by Gasteiger charge is 2.36. The Hall–Kier alpha value is -3.16. The lowest BCUT2D eigenvalue weighted by Gasteiger charge is -2.31. The van der Waals surface area contributed by atoms with E-state index in [4.69, 9.17) is 0 Å². The van der Waals surface area contributed by atoms with Crippen LogP contribution in [0.2, 0.25) is 0 Å². The molecule has 33 heavy (non-hydrogen) atoms. The quantitative estimate of drug-likeness (QED) is 0.430. The van der Waals surface area contributed by atoms with Crippen molar-refractivity contribution in [1.29, 1.82) is 0 Å². The van der Waals surface area contributed by atoms with Crippen molar-refractivity contribution in [2.45, 2.75) is 52.2 Å². The summed E-state index contributed by atoms with van der Waals surface area (Å²) >= 11 is 0. The highest BCUT2D eigenvalue weighted by molar-refractivity contribution is 5.97. The largest absolute Gasteiger partial charge is 0.350 e. The number of rotatable bonds is 10. The fraction of sp³-hybridized carbons (Fsp3) is 0.520. The lowest BCUT2D eigenvalue weighted by Crippen LogP contribution is -2.47. The zero-order valence-electron chi connectivity index (χ0n) is 20.3. The van der Waals surface area contributed by atoms with E-state index >= 15 is 0 Å². The van der Waals surface area contributed by atoms with Crippen molar-refractivity contribution in [3.05, 3.63) is 47.5 Å². The molecule has 1 aliphatic rings. The van der Waals surface area contributed by atoms with Gasteiger partial charge in [-0.2, -0.15) is 0 Å². The van der Waals surface area contributed by atoms with Crippen LogP contribution in [0.1, 0.15) is 39.2 Å². The molecule has 0 spiro atoms. The molecule has 0 bridgehead atoms. The average Bonchev–Trinajstić information content (AvgIpc) is 3.29. The topological polar surface area (TPSA) is 90.0 Å². The summed E-state index contributed by atoms with van der Waals surface area (Å²) in [5.74, 6) is -0.429. The summed E-state index contributed by atoms with van der Waals surface area (Å²) in [6.07, 6.45) is 3.69. The molecular weight excluding hydrogens is 420 g/mol. The maximum atomic E-state index is 13.3. The van der Waals surface area contributed by atoms with Gasteiger partial charge in [0, 0.05) is 32.8 Å². The second-order valence-corrected chi connectivity index (χ2v) is 8.92. The summed E-state index contributed by atoms with van der Waals surface area (Å²) in [7, 11) is 3.43. The molecule has 0 aromatic heterocycles. The van der Waals surface area contributed by atoms with E-state index in [2.05, 4.69) is 5.32 Å². The molecule has 0 radical (unpaired) electrons. The summed E-state index contributed by atoms with van der Waals surface area (Å²) in [6.45, 7) is 6.59. The average molecular weight is 457 g/mol. The first-order valence-corrected chi connectivity index (χ1v) is 11.4. The van der Waals surface area contributed by atoms with Crippen LogP contribution in [0.15, 0.2) is 42.0 Å². The van der Waals surface area contributed by atoms with E-state index in [0.29, 0.717) is 31.5 Å². The zero-order chi connectivity index (χ0) is 24.5. The summed E-state index contributed by atoms with van der Waals surface area (Å²) < 4.78 is 0. The van der Waals surface area contributed by atoms with Crippen molar-refractivity contribution < 1.29 is 19.2 Å². The van der Waals surface area contributed by atoms with Gasteiger partial charge in [-0.1, -0.05) is 50.3 Å². The van der Waals surface area contributed by atoms with E-state index in [1.807, 2.05) is 44.2 Å². The van der Waals surface area contributed by atoms with Gasteiger partial charge >= 0.3 is 0 Å². The number of amides is 4. The van der Waals surface area contributed by atoms with E-state index in [9.17, 15) is 19.2 Å². The maximum absolute atomic E-state index is 13.3. The predicted octanol–water partition coefficient (Wildman–Crippen LogP) is 1.81. The molecule has 1 aromatic rings. The fourth-order valence-electron chi connectivity index (χ4n) is 4.18. The summed E-state index contributed by atoms with van der Waals surface area (Å²) in [6, 6.07) is 8.97. The first kappa shape index (κ1) is 26.1. The van der Waals surface area contributed by atoms with Crippen LogP contribution in [0.25, 0.3) is 0 Å². The minimum atomic E-state index is -0.483. The molecule has 8 nitrogen and oxygen atoms in total. The molecule has 1 N–H and O–H groups in total. The van der Waals surface area contributed by atoms with Gasteiger partial charge in [-0.25, -0.2) is 0 Å². The molecular formula is C25H36N4O4. The van der Waals surface area contributed by atoms with E-state index < -0.39 is 6.04 Å². The Morgan fingerprint density at radius 2 is 1.85 bits per heavy atom. The monoisotopic (exact) mass is 456 g/mol. The molecule has 1 heterocycles. The molecule has 0 saturated carbocycles. The van der Waals surface area contributed by atoms with Crippen LogP contribution >= 0.6 is 0 Å². The van der Waals surface area contributed by atoms with Crippen LogP contribution in [0.5, 0.6) is 0 Å². The van der Waals surface area contributed by atoms with Crippen LogP contribution in [0, 0.1) is 5.92 Å². The Balaban J connectivity index is 2.12. The molecule has 8 heteroatoms. The molecule has 180 valence electrons. The van der Waals surface area contributed by atoms with Gasteiger partial charge < -0.3 is 20.0 Å². The lowest BCUT2D eigenvalue weighted by molar-refractivity contribution is -0.141. The molecule has 1 aliphatic heterocycles. The molecule has 2 rings (SSSR count). The number of hydrogen-bond acceptors (Lipinski definition) is 4. The molecule has 0 aliphatic carbocycles. The first-order valence-electron chi connectivity index (χ1n) is 11.4. The highest BCUT2D eigenvalue weighted by Crippen LogP contribution is 2.23. The molecule has 4 amide bonds. The van der Waals surface area contributed by atoms with Crippen LogP contribution in [-0.4, -0.2) is 78.1 Å². The van der Waals surface area contributed by atoms with Crippen LogP contribution in [0.3, 0.4) is 0 Å². The third kappa shape index (κ3) is 6.91. The number of carbonyl (C=O) groups is 4. The van der Waals surface area contributed by atoms with Gasteiger partial charge in [0.05, 0.1) is 12.6 Å². The summed E-state index contributed by atoms with van der Waals surface area (Å²) in [5.41, 5.74) is 1.54. The van der Waals surface area contributed by atoms with Crippen molar-refractivity contribution in [2.75, 3.05) is 27.2 Å². The standard InChI is InChI=1S/C25H36N4O4/c1-18(2)22(28(5)23(31)15-26-17-30)14-19(3)24(32)29-13-9-12-21(29)25(33)27(4)16-20-10-7-6-8-11-20/h6-8,10-11,14,17-18,21-22H,9,12-13,15-16H2,1-5H3,(H,26,30)/b19-14+/t21-,22+/m0/s1. The van der Waals surface area contributed by atoms with Gasteiger partial charge in [-0.15, -0.1) is 0 Å². The minimum Gasteiger partial charge on any atom is -0.350 e. The smallest absolute Gasteiger partial charge is 0.249 e. The van der Waals surface area contributed by atoms with Gasteiger partial charge in [-0.05, 0) is 31.2 Å². The van der Waals surface area contributed by atoms with Gasteiger partial charge in [-0.3, -0.25) is 19.2 Å². The Labute approximate surface area is 196 Å². The van der Waals surface area contributed by atoms with Gasteiger partial charge in [0.15, 0.2) is 0 Å².